The summed E-state index contributed by atoms with van der Waals surface area (Å²) in [4.78, 5) is 13.6. The number of rotatable bonds is 2. The van der Waals surface area contributed by atoms with Crippen molar-refractivity contribution in [2.45, 2.75) is 18.8 Å². The number of carbonyl (C=O) groups is 1. The van der Waals surface area contributed by atoms with Crippen molar-refractivity contribution in [1.82, 2.24) is 4.98 Å². The van der Waals surface area contributed by atoms with Crippen LogP contribution in [0.2, 0.25) is 0 Å². The number of halogens is 6. The highest BCUT2D eigenvalue weighted by Gasteiger charge is 2.44. The van der Waals surface area contributed by atoms with Crippen LogP contribution < -0.4 is 0 Å². The van der Waals surface area contributed by atoms with Gasteiger partial charge < -0.3 is 4.74 Å². The van der Waals surface area contributed by atoms with E-state index in [9.17, 15) is 31.1 Å². The first-order valence-corrected chi connectivity index (χ1v) is 4.76. The first-order valence-electron chi connectivity index (χ1n) is 4.76. The lowest BCUT2D eigenvalue weighted by Crippen LogP contribution is -2.19. The SMILES string of the molecule is COC(=O)Cc1cnc(C(F)(F)F)c(C(F)(F)F)c1. The Labute approximate surface area is 103 Å². The molecule has 1 heterocycles. The highest BCUT2D eigenvalue weighted by Crippen LogP contribution is 2.39. The van der Waals surface area contributed by atoms with Gasteiger partial charge in [-0.05, 0) is 11.6 Å². The van der Waals surface area contributed by atoms with E-state index in [0.717, 1.165) is 7.11 Å². The van der Waals surface area contributed by atoms with Crippen LogP contribution in [0.1, 0.15) is 16.8 Å². The lowest BCUT2D eigenvalue weighted by Gasteiger charge is -2.15. The molecule has 0 bridgehead atoms. The fraction of sp³-hybridized carbons (Fsp3) is 0.400. The third-order valence-electron chi connectivity index (χ3n) is 2.09. The molecule has 0 spiro atoms. The number of esters is 1. The van der Waals surface area contributed by atoms with Crippen LogP contribution in [-0.4, -0.2) is 18.1 Å². The number of alkyl halides is 6. The number of hydrogen-bond acceptors (Lipinski definition) is 3. The Morgan fingerprint density at radius 3 is 2.21 bits per heavy atom. The topological polar surface area (TPSA) is 39.2 Å². The van der Waals surface area contributed by atoms with Crippen LogP contribution in [-0.2, 0) is 28.3 Å². The molecule has 106 valence electrons. The van der Waals surface area contributed by atoms with Gasteiger partial charge >= 0.3 is 18.3 Å². The summed E-state index contributed by atoms with van der Waals surface area (Å²) in [5.74, 6) is -0.880. The van der Waals surface area contributed by atoms with Gasteiger partial charge in [-0.3, -0.25) is 9.78 Å². The molecule has 0 unspecified atom stereocenters. The van der Waals surface area contributed by atoms with Crippen molar-refractivity contribution >= 4 is 5.97 Å². The van der Waals surface area contributed by atoms with Crippen molar-refractivity contribution in [1.29, 1.82) is 0 Å². The summed E-state index contributed by atoms with van der Waals surface area (Å²) in [6.07, 6.45) is -10.5. The summed E-state index contributed by atoms with van der Waals surface area (Å²) in [5.41, 5.74) is -4.28. The lowest BCUT2D eigenvalue weighted by atomic mass is 10.1. The zero-order chi connectivity index (χ0) is 14.8. The second-order valence-electron chi connectivity index (χ2n) is 3.49. The zero-order valence-corrected chi connectivity index (χ0v) is 9.39. The number of aromatic nitrogens is 1. The van der Waals surface area contributed by atoms with Gasteiger partial charge in [-0.15, -0.1) is 0 Å². The van der Waals surface area contributed by atoms with Crippen molar-refractivity contribution in [3.05, 3.63) is 29.1 Å². The van der Waals surface area contributed by atoms with Gasteiger partial charge in [0.2, 0.25) is 0 Å². The molecule has 0 saturated heterocycles. The molecule has 0 amide bonds. The summed E-state index contributed by atoms with van der Waals surface area (Å²) in [6, 6.07) is 0.243. The highest BCUT2D eigenvalue weighted by molar-refractivity contribution is 5.72. The number of pyridine rings is 1. The molecular weight excluding hydrogens is 280 g/mol. The average molecular weight is 287 g/mol. The van der Waals surface area contributed by atoms with Gasteiger partial charge in [0.15, 0.2) is 5.69 Å². The molecular formula is C10H7F6NO2. The Morgan fingerprint density at radius 2 is 1.79 bits per heavy atom. The number of carbonyl (C=O) groups excluding carboxylic acids is 1. The van der Waals surface area contributed by atoms with E-state index in [1.165, 1.54) is 0 Å². The van der Waals surface area contributed by atoms with Crippen LogP contribution >= 0.6 is 0 Å². The van der Waals surface area contributed by atoms with Gasteiger partial charge in [0.1, 0.15) is 0 Å². The molecule has 9 heteroatoms. The first-order chi connectivity index (χ1) is 8.55. The predicted molar refractivity (Wildman–Crippen MR) is 50.0 cm³/mol. The van der Waals surface area contributed by atoms with Crippen molar-refractivity contribution < 1.29 is 35.9 Å². The molecule has 1 aromatic heterocycles. The monoisotopic (exact) mass is 287 g/mol. The van der Waals surface area contributed by atoms with Gasteiger partial charge in [-0.1, -0.05) is 0 Å². The maximum atomic E-state index is 12.5. The third-order valence-corrected chi connectivity index (χ3v) is 2.09. The van der Waals surface area contributed by atoms with Gasteiger partial charge in [0.05, 0.1) is 19.1 Å². The average Bonchev–Trinajstić information content (AvgIpc) is 2.26. The van der Waals surface area contributed by atoms with Crippen LogP contribution in [0, 0.1) is 0 Å². The van der Waals surface area contributed by atoms with Gasteiger partial charge in [-0.25, -0.2) is 0 Å². The quantitative estimate of drug-likeness (QED) is 0.620. The lowest BCUT2D eigenvalue weighted by molar-refractivity contribution is -0.164. The summed E-state index contributed by atoms with van der Waals surface area (Å²) in [5, 5.41) is 0. The summed E-state index contributed by atoms with van der Waals surface area (Å²) in [7, 11) is 1.00. The molecule has 0 atom stereocenters. The molecule has 0 aliphatic rings. The standard InChI is InChI=1S/C10H7F6NO2/c1-19-7(18)3-5-2-6(9(11,12)13)8(17-4-5)10(14,15)16/h2,4H,3H2,1H3. The Morgan fingerprint density at radius 1 is 1.21 bits per heavy atom. The molecule has 19 heavy (non-hydrogen) atoms. The van der Waals surface area contributed by atoms with E-state index in [1.807, 2.05) is 0 Å². The molecule has 0 radical (unpaired) electrons. The Balaban J connectivity index is 3.28. The largest absolute Gasteiger partial charge is 0.469 e. The minimum atomic E-state index is -5.23. The molecule has 0 aromatic carbocycles. The molecule has 0 aliphatic carbocycles. The Kier molecular flexibility index (Phi) is 4.06. The Bertz CT molecular complexity index is 480. The normalized spacial score (nSPS) is 12.4. The first kappa shape index (κ1) is 15.3. The summed E-state index contributed by atoms with van der Waals surface area (Å²) < 4.78 is 78.9. The maximum Gasteiger partial charge on any atom is 0.433 e. The smallest absolute Gasteiger partial charge is 0.433 e. The van der Waals surface area contributed by atoms with Crippen LogP contribution in [0.5, 0.6) is 0 Å². The van der Waals surface area contributed by atoms with E-state index in [4.69, 9.17) is 0 Å². The second kappa shape index (κ2) is 5.06. The number of nitrogens with zero attached hydrogens (tertiary/aromatic N) is 1. The number of hydrogen-bond donors (Lipinski definition) is 0. The van der Waals surface area contributed by atoms with Crippen LogP contribution in [0.3, 0.4) is 0 Å². The molecule has 0 N–H and O–H groups in total. The van der Waals surface area contributed by atoms with E-state index < -0.39 is 36.0 Å². The Hall–Kier alpha value is -1.80. The van der Waals surface area contributed by atoms with Crippen molar-refractivity contribution in [2.24, 2.45) is 0 Å². The molecule has 3 nitrogen and oxygen atoms in total. The fourth-order valence-electron chi connectivity index (χ4n) is 1.29. The van der Waals surface area contributed by atoms with E-state index in [2.05, 4.69) is 9.72 Å². The summed E-state index contributed by atoms with van der Waals surface area (Å²) >= 11 is 0. The molecule has 1 rings (SSSR count). The van der Waals surface area contributed by atoms with E-state index >= 15 is 0 Å². The van der Waals surface area contributed by atoms with E-state index in [1.54, 1.807) is 0 Å². The number of methoxy groups -OCH3 is 1. The molecule has 0 saturated carbocycles. The van der Waals surface area contributed by atoms with Crippen LogP contribution in [0.4, 0.5) is 26.3 Å². The van der Waals surface area contributed by atoms with Gasteiger partial charge in [0, 0.05) is 6.20 Å². The van der Waals surface area contributed by atoms with Crippen molar-refractivity contribution in [2.75, 3.05) is 7.11 Å². The van der Waals surface area contributed by atoms with E-state index in [-0.39, 0.29) is 11.6 Å². The van der Waals surface area contributed by atoms with Crippen molar-refractivity contribution in [3.63, 3.8) is 0 Å². The maximum absolute atomic E-state index is 12.5. The molecule has 0 aliphatic heterocycles. The third kappa shape index (κ3) is 3.83. The van der Waals surface area contributed by atoms with Gasteiger partial charge in [-0.2, -0.15) is 26.3 Å². The van der Waals surface area contributed by atoms with Crippen LogP contribution in [0.15, 0.2) is 12.3 Å². The minimum absolute atomic E-state index is 0.243. The fourth-order valence-corrected chi connectivity index (χ4v) is 1.29. The molecule has 0 fully saturated rings. The molecule has 1 aromatic rings. The second-order valence-corrected chi connectivity index (χ2v) is 3.49. The van der Waals surface area contributed by atoms with Gasteiger partial charge in [0.25, 0.3) is 0 Å². The van der Waals surface area contributed by atoms with E-state index in [0.29, 0.717) is 6.20 Å². The highest BCUT2D eigenvalue weighted by atomic mass is 19.4. The zero-order valence-electron chi connectivity index (χ0n) is 9.39. The minimum Gasteiger partial charge on any atom is -0.469 e. The van der Waals surface area contributed by atoms with Crippen LogP contribution in [0.25, 0.3) is 0 Å². The van der Waals surface area contributed by atoms with Crippen molar-refractivity contribution in [3.8, 4) is 0 Å². The summed E-state index contributed by atoms with van der Waals surface area (Å²) in [6.45, 7) is 0. The predicted octanol–water partition coefficient (Wildman–Crippen LogP) is 2.83. The number of ether oxygens (including phenoxy) is 1.